The van der Waals surface area contributed by atoms with Crippen LogP contribution in [0.25, 0.3) is 0 Å². The molecule has 0 amide bonds. The third-order valence-corrected chi connectivity index (χ3v) is 3.93. The second-order valence-electron chi connectivity index (χ2n) is 5.74. The quantitative estimate of drug-likeness (QED) is 0.863. The first-order valence-electron chi connectivity index (χ1n) is 7.01. The summed E-state index contributed by atoms with van der Waals surface area (Å²) in [5.41, 5.74) is 0. The highest BCUT2D eigenvalue weighted by Gasteiger charge is 2.17. The summed E-state index contributed by atoms with van der Waals surface area (Å²) >= 11 is 3.46. The van der Waals surface area contributed by atoms with E-state index in [0.717, 1.165) is 28.7 Å². The smallest absolute Gasteiger partial charge is 0.134 e. The van der Waals surface area contributed by atoms with Crippen molar-refractivity contribution in [2.75, 3.05) is 32.0 Å². The Morgan fingerprint density at radius 3 is 2.95 bits per heavy atom. The van der Waals surface area contributed by atoms with Gasteiger partial charge < -0.3 is 10.2 Å². The van der Waals surface area contributed by atoms with Gasteiger partial charge in [0.15, 0.2) is 0 Å². The molecule has 0 radical (unpaired) electrons. The summed E-state index contributed by atoms with van der Waals surface area (Å²) in [5.74, 6) is 2.88. The van der Waals surface area contributed by atoms with Gasteiger partial charge in [-0.25, -0.2) is 9.97 Å². The molecule has 1 aromatic rings. The average Bonchev–Trinajstić information content (AvgIpc) is 2.36. The third-order valence-electron chi connectivity index (χ3n) is 3.52. The van der Waals surface area contributed by atoms with Crippen LogP contribution in [0.3, 0.4) is 0 Å². The van der Waals surface area contributed by atoms with E-state index in [1.54, 1.807) is 0 Å². The fourth-order valence-electron chi connectivity index (χ4n) is 2.47. The molecule has 106 valence electrons. The Hall–Kier alpha value is -0.680. The summed E-state index contributed by atoms with van der Waals surface area (Å²) in [5, 5.41) is 3.46. The number of rotatable bonds is 4. The maximum Gasteiger partial charge on any atom is 0.134 e. The van der Waals surface area contributed by atoms with Crippen LogP contribution < -0.4 is 5.32 Å². The third kappa shape index (κ3) is 4.42. The van der Waals surface area contributed by atoms with Crippen LogP contribution in [0.15, 0.2) is 10.7 Å². The first-order valence-corrected chi connectivity index (χ1v) is 7.81. The van der Waals surface area contributed by atoms with Crippen molar-refractivity contribution in [3.05, 3.63) is 16.5 Å². The van der Waals surface area contributed by atoms with E-state index in [1.807, 2.05) is 6.07 Å². The normalized spacial score (nSPS) is 20.8. The lowest BCUT2D eigenvalue weighted by Crippen LogP contribution is -2.35. The lowest BCUT2D eigenvalue weighted by Gasteiger charge is -2.29. The number of likely N-dealkylation sites (tertiary alicyclic amines) is 1. The van der Waals surface area contributed by atoms with Crippen molar-refractivity contribution in [3.63, 3.8) is 0 Å². The van der Waals surface area contributed by atoms with E-state index >= 15 is 0 Å². The van der Waals surface area contributed by atoms with Gasteiger partial charge in [0.1, 0.15) is 16.2 Å². The number of anilines is 1. The molecule has 1 N–H and O–H groups in total. The molecule has 1 saturated heterocycles. The van der Waals surface area contributed by atoms with Crippen molar-refractivity contribution in [1.82, 2.24) is 14.9 Å². The Balaban J connectivity index is 1.95. The van der Waals surface area contributed by atoms with E-state index in [4.69, 9.17) is 0 Å². The number of piperidine rings is 1. The SMILES string of the molecule is CC(C)c1nc(Br)cc(NCC2CCCN(C)C2)n1. The van der Waals surface area contributed by atoms with E-state index in [2.05, 4.69) is 57.0 Å². The Kier molecular flexibility index (Phi) is 5.16. The van der Waals surface area contributed by atoms with E-state index in [1.165, 1.54) is 25.9 Å². The number of hydrogen-bond donors (Lipinski definition) is 1. The van der Waals surface area contributed by atoms with E-state index in [9.17, 15) is 0 Å². The van der Waals surface area contributed by atoms with Crippen LogP contribution >= 0.6 is 15.9 Å². The van der Waals surface area contributed by atoms with Crippen LogP contribution in [-0.4, -0.2) is 41.5 Å². The van der Waals surface area contributed by atoms with Crippen LogP contribution in [0.1, 0.15) is 38.4 Å². The molecule has 0 aliphatic carbocycles. The van der Waals surface area contributed by atoms with Gasteiger partial charge in [-0.15, -0.1) is 0 Å². The van der Waals surface area contributed by atoms with Crippen molar-refractivity contribution in [1.29, 1.82) is 0 Å². The van der Waals surface area contributed by atoms with Crippen molar-refractivity contribution >= 4 is 21.7 Å². The van der Waals surface area contributed by atoms with Gasteiger partial charge in [-0.3, -0.25) is 0 Å². The average molecular weight is 327 g/mol. The summed E-state index contributed by atoms with van der Waals surface area (Å²) in [6.07, 6.45) is 2.61. The van der Waals surface area contributed by atoms with Crippen LogP contribution in [0.5, 0.6) is 0 Å². The first kappa shape index (κ1) is 14.7. The van der Waals surface area contributed by atoms with Gasteiger partial charge in [-0.05, 0) is 48.3 Å². The molecule has 1 aliphatic rings. The number of halogens is 1. The molecular formula is C14H23BrN4. The van der Waals surface area contributed by atoms with Gasteiger partial charge in [0.25, 0.3) is 0 Å². The second kappa shape index (κ2) is 6.66. The number of nitrogens with one attached hydrogen (secondary N) is 1. The van der Waals surface area contributed by atoms with Crippen molar-refractivity contribution in [3.8, 4) is 0 Å². The molecule has 5 heteroatoms. The van der Waals surface area contributed by atoms with Gasteiger partial charge in [0.05, 0.1) is 0 Å². The molecule has 1 aromatic heterocycles. The molecular weight excluding hydrogens is 304 g/mol. The minimum Gasteiger partial charge on any atom is -0.370 e. The molecule has 0 aromatic carbocycles. The maximum atomic E-state index is 4.57. The maximum absolute atomic E-state index is 4.57. The van der Waals surface area contributed by atoms with Crippen molar-refractivity contribution in [2.45, 2.75) is 32.6 Å². The lowest BCUT2D eigenvalue weighted by atomic mass is 9.98. The Labute approximate surface area is 124 Å². The number of nitrogens with zero attached hydrogens (tertiary/aromatic N) is 3. The van der Waals surface area contributed by atoms with E-state index in [-0.39, 0.29) is 0 Å². The largest absolute Gasteiger partial charge is 0.370 e. The summed E-state index contributed by atoms with van der Waals surface area (Å²) in [6, 6.07) is 1.96. The zero-order valence-corrected chi connectivity index (χ0v) is 13.6. The minimum atomic E-state index is 0.346. The minimum absolute atomic E-state index is 0.346. The monoisotopic (exact) mass is 326 g/mol. The molecule has 1 aliphatic heterocycles. The number of aromatic nitrogens is 2. The Bertz CT molecular complexity index is 422. The molecule has 1 atom stereocenters. The standard InChI is InChI=1S/C14H23BrN4/c1-10(2)14-17-12(15)7-13(18-14)16-8-11-5-4-6-19(3)9-11/h7,10-11H,4-6,8-9H2,1-3H3,(H,16,17,18). The van der Waals surface area contributed by atoms with Gasteiger partial charge in [-0.2, -0.15) is 0 Å². The first-order chi connectivity index (χ1) is 9.04. The summed E-state index contributed by atoms with van der Waals surface area (Å²) < 4.78 is 0.856. The van der Waals surface area contributed by atoms with Gasteiger partial charge in [-0.1, -0.05) is 13.8 Å². The molecule has 1 unspecified atom stereocenters. The molecule has 19 heavy (non-hydrogen) atoms. The molecule has 0 spiro atoms. The van der Waals surface area contributed by atoms with Crippen LogP contribution in [0.4, 0.5) is 5.82 Å². The molecule has 4 nitrogen and oxygen atoms in total. The molecule has 2 heterocycles. The predicted molar refractivity (Wildman–Crippen MR) is 82.5 cm³/mol. The molecule has 1 fully saturated rings. The van der Waals surface area contributed by atoms with Crippen LogP contribution in [-0.2, 0) is 0 Å². The van der Waals surface area contributed by atoms with Crippen molar-refractivity contribution < 1.29 is 0 Å². The summed E-state index contributed by atoms with van der Waals surface area (Å²) in [7, 11) is 2.20. The van der Waals surface area contributed by atoms with E-state index in [0.29, 0.717) is 5.92 Å². The lowest BCUT2D eigenvalue weighted by molar-refractivity contribution is 0.217. The zero-order chi connectivity index (χ0) is 13.8. The highest BCUT2D eigenvalue weighted by molar-refractivity contribution is 9.10. The molecule has 0 saturated carbocycles. The Morgan fingerprint density at radius 1 is 1.47 bits per heavy atom. The topological polar surface area (TPSA) is 41.1 Å². The summed E-state index contributed by atoms with van der Waals surface area (Å²) in [4.78, 5) is 11.4. The van der Waals surface area contributed by atoms with Crippen molar-refractivity contribution in [2.24, 2.45) is 5.92 Å². The number of hydrogen-bond acceptors (Lipinski definition) is 4. The predicted octanol–water partition coefficient (Wildman–Crippen LogP) is 3.12. The van der Waals surface area contributed by atoms with Crippen LogP contribution in [0.2, 0.25) is 0 Å². The fourth-order valence-corrected chi connectivity index (χ4v) is 2.87. The molecule has 2 rings (SSSR count). The van der Waals surface area contributed by atoms with Gasteiger partial charge in [0, 0.05) is 25.1 Å². The Morgan fingerprint density at radius 2 is 2.26 bits per heavy atom. The van der Waals surface area contributed by atoms with E-state index < -0.39 is 0 Å². The molecule has 0 bridgehead atoms. The van der Waals surface area contributed by atoms with Gasteiger partial charge >= 0.3 is 0 Å². The highest BCUT2D eigenvalue weighted by atomic mass is 79.9. The zero-order valence-electron chi connectivity index (χ0n) is 12.0. The van der Waals surface area contributed by atoms with Crippen LogP contribution in [0, 0.1) is 5.92 Å². The second-order valence-corrected chi connectivity index (χ2v) is 6.55. The fraction of sp³-hybridized carbons (Fsp3) is 0.714. The summed E-state index contributed by atoms with van der Waals surface area (Å²) in [6.45, 7) is 7.62. The highest BCUT2D eigenvalue weighted by Crippen LogP contribution is 2.19. The van der Waals surface area contributed by atoms with Gasteiger partial charge in [0.2, 0.25) is 0 Å².